The number of nitrogens with one attached hydrogen (secondary N) is 2. The molecule has 0 aromatic heterocycles. The third-order valence-corrected chi connectivity index (χ3v) is 4.30. The lowest BCUT2D eigenvalue weighted by molar-refractivity contribution is -0.139. The molecule has 0 aliphatic carbocycles. The zero-order valence-electron chi connectivity index (χ0n) is 16.6. The van der Waals surface area contributed by atoms with Crippen molar-refractivity contribution in [3.05, 3.63) is 35.9 Å². The molecule has 1 aromatic rings. The summed E-state index contributed by atoms with van der Waals surface area (Å²) >= 11 is 0. The first-order valence-electron chi connectivity index (χ1n) is 9.45. The lowest BCUT2D eigenvalue weighted by Gasteiger charge is -2.25. The van der Waals surface area contributed by atoms with Crippen molar-refractivity contribution in [2.24, 2.45) is 0 Å². The van der Waals surface area contributed by atoms with Gasteiger partial charge in [-0.25, -0.2) is 9.59 Å². The first-order chi connectivity index (χ1) is 14.6. The fourth-order valence-electron chi connectivity index (χ4n) is 2.43. The molecule has 0 aliphatic heterocycles. The molecule has 5 atom stereocenters. The number of amides is 2. The van der Waals surface area contributed by atoms with E-state index in [1.807, 2.05) is 0 Å². The highest BCUT2D eigenvalue weighted by atomic mass is 16.5. The predicted octanol–water partition coefficient (Wildman–Crippen LogP) is -2.30. The number of carbonyl (C=O) groups excluding carboxylic acids is 2. The Bertz CT molecular complexity index is 702. The first-order valence-corrected chi connectivity index (χ1v) is 9.45. The second-order valence-electron chi connectivity index (χ2n) is 6.74. The molecular formula is C19H28N2O10. The van der Waals surface area contributed by atoms with Crippen LogP contribution < -0.4 is 10.6 Å². The van der Waals surface area contributed by atoms with Crippen LogP contribution in [0.1, 0.15) is 18.4 Å². The molecule has 0 spiro atoms. The van der Waals surface area contributed by atoms with Crippen molar-refractivity contribution in [3.63, 3.8) is 0 Å². The van der Waals surface area contributed by atoms with Crippen LogP contribution in [0.2, 0.25) is 0 Å². The molecule has 1 rings (SSSR count). The topological polar surface area (TPSA) is 206 Å². The Kier molecular flexibility index (Phi) is 11.5. The normalized spacial score (nSPS) is 15.8. The van der Waals surface area contributed by atoms with Crippen LogP contribution in [0.5, 0.6) is 0 Å². The van der Waals surface area contributed by atoms with Crippen LogP contribution in [0, 0.1) is 0 Å². The van der Waals surface area contributed by atoms with Crippen molar-refractivity contribution in [2.75, 3.05) is 13.2 Å². The summed E-state index contributed by atoms with van der Waals surface area (Å²) in [5, 5.41) is 60.4. The lowest BCUT2D eigenvalue weighted by atomic mass is 10.0. The van der Waals surface area contributed by atoms with E-state index in [0.29, 0.717) is 5.56 Å². The molecule has 0 fully saturated rings. The smallest absolute Gasteiger partial charge is 0.408 e. The minimum absolute atomic E-state index is 0.0590. The lowest BCUT2D eigenvalue weighted by Crippen LogP contribution is -2.49. The minimum atomic E-state index is -1.84. The molecule has 0 saturated carbocycles. The number of ether oxygens (including phenoxy) is 1. The van der Waals surface area contributed by atoms with Gasteiger partial charge in [0.2, 0.25) is 5.91 Å². The summed E-state index contributed by atoms with van der Waals surface area (Å²) < 4.78 is 4.94. The van der Waals surface area contributed by atoms with Crippen LogP contribution in [-0.2, 0) is 20.9 Å². The molecule has 0 aliphatic rings. The van der Waals surface area contributed by atoms with Gasteiger partial charge in [0.1, 0.15) is 31.0 Å². The summed E-state index contributed by atoms with van der Waals surface area (Å²) in [5.41, 5.74) is 0.710. The fourth-order valence-corrected chi connectivity index (χ4v) is 2.43. The number of alkyl carbamates (subject to hydrolysis) is 1. The zero-order valence-corrected chi connectivity index (χ0v) is 16.6. The van der Waals surface area contributed by atoms with E-state index >= 15 is 0 Å². The number of rotatable bonds is 13. The molecule has 12 nitrogen and oxygen atoms in total. The maximum absolute atomic E-state index is 11.9. The van der Waals surface area contributed by atoms with E-state index in [2.05, 4.69) is 10.6 Å². The Morgan fingerprint density at radius 2 is 1.58 bits per heavy atom. The van der Waals surface area contributed by atoms with Crippen LogP contribution in [0.25, 0.3) is 0 Å². The highest BCUT2D eigenvalue weighted by Crippen LogP contribution is 2.06. The van der Waals surface area contributed by atoms with Gasteiger partial charge in [-0.15, -0.1) is 0 Å². The fraction of sp³-hybridized carbons (Fsp3) is 0.526. The van der Waals surface area contributed by atoms with Gasteiger partial charge in [-0.05, 0) is 12.0 Å². The first kappa shape index (κ1) is 26.3. The van der Waals surface area contributed by atoms with Crippen molar-refractivity contribution >= 4 is 18.0 Å². The number of aliphatic hydroxyl groups excluding tert-OH is 5. The van der Waals surface area contributed by atoms with Crippen LogP contribution in [0.4, 0.5) is 4.79 Å². The van der Waals surface area contributed by atoms with Crippen molar-refractivity contribution < 1.29 is 49.8 Å². The van der Waals surface area contributed by atoms with Crippen LogP contribution in [0.15, 0.2) is 30.3 Å². The average molecular weight is 444 g/mol. The quantitative estimate of drug-likeness (QED) is 0.163. The molecular weight excluding hydrogens is 416 g/mol. The van der Waals surface area contributed by atoms with Gasteiger partial charge in [0.25, 0.3) is 0 Å². The van der Waals surface area contributed by atoms with E-state index in [1.165, 1.54) is 0 Å². The van der Waals surface area contributed by atoms with Crippen LogP contribution >= 0.6 is 0 Å². The molecule has 0 bridgehead atoms. The van der Waals surface area contributed by atoms with E-state index in [-0.39, 0.29) is 19.4 Å². The number of aliphatic hydroxyl groups is 5. The Balaban J connectivity index is 2.40. The summed E-state index contributed by atoms with van der Waals surface area (Å²) in [5.74, 6) is -2.06. The van der Waals surface area contributed by atoms with E-state index in [9.17, 15) is 39.9 Å². The Morgan fingerprint density at radius 3 is 2.16 bits per heavy atom. The van der Waals surface area contributed by atoms with Gasteiger partial charge in [0, 0.05) is 13.0 Å². The van der Waals surface area contributed by atoms with E-state index < -0.39 is 61.6 Å². The monoisotopic (exact) mass is 444 g/mol. The molecule has 8 N–H and O–H groups in total. The largest absolute Gasteiger partial charge is 0.480 e. The van der Waals surface area contributed by atoms with E-state index in [1.54, 1.807) is 30.3 Å². The number of carboxylic acids is 1. The summed E-state index contributed by atoms with van der Waals surface area (Å²) in [6.45, 7) is -1.40. The second-order valence-corrected chi connectivity index (χ2v) is 6.74. The van der Waals surface area contributed by atoms with Gasteiger partial charge in [-0.1, -0.05) is 30.3 Å². The van der Waals surface area contributed by atoms with Gasteiger partial charge < -0.3 is 46.0 Å². The molecule has 12 heteroatoms. The number of carbonyl (C=O) groups is 3. The highest BCUT2D eigenvalue weighted by molar-refractivity contribution is 5.81. The van der Waals surface area contributed by atoms with E-state index in [4.69, 9.17) is 9.84 Å². The van der Waals surface area contributed by atoms with Crippen molar-refractivity contribution in [1.29, 1.82) is 0 Å². The number of benzene rings is 1. The molecule has 31 heavy (non-hydrogen) atoms. The number of aliphatic carboxylic acids is 1. The SMILES string of the molecule is O=C(CC[C@H](NC(=O)OCc1ccccc1)C(=O)O)NC[C@H](O)[C@@H](O)[C@H](O)[C@H](O)CO. The summed E-state index contributed by atoms with van der Waals surface area (Å²) in [4.78, 5) is 34.9. The van der Waals surface area contributed by atoms with E-state index in [0.717, 1.165) is 0 Å². The van der Waals surface area contributed by atoms with Crippen molar-refractivity contribution in [3.8, 4) is 0 Å². The second kappa shape index (κ2) is 13.5. The summed E-state index contributed by atoms with van der Waals surface area (Å²) in [6, 6.07) is 7.34. The number of hydrogen-bond acceptors (Lipinski definition) is 9. The maximum atomic E-state index is 11.9. The maximum Gasteiger partial charge on any atom is 0.408 e. The van der Waals surface area contributed by atoms with Gasteiger partial charge >= 0.3 is 12.1 Å². The van der Waals surface area contributed by atoms with Gasteiger partial charge in [0.15, 0.2) is 0 Å². The molecule has 0 saturated heterocycles. The average Bonchev–Trinajstić information content (AvgIpc) is 2.77. The third kappa shape index (κ3) is 9.72. The standard InChI is InChI=1S/C19H28N2O10/c22-9-14(24)17(27)16(26)13(23)8-20-15(25)7-6-12(18(28)29)21-19(30)31-10-11-4-2-1-3-5-11/h1-5,12-14,16-17,22-24,26-27H,6-10H2,(H,20,25)(H,21,30)(H,28,29)/t12-,13-,14+,16+,17+/m0/s1. The molecule has 0 heterocycles. The van der Waals surface area contributed by atoms with Crippen LogP contribution in [0.3, 0.4) is 0 Å². The zero-order chi connectivity index (χ0) is 23.4. The molecule has 0 unspecified atom stereocenters. The number of carboxylic acid groups (broad SMARTS) is 1. The van der Waals surface area contributed by atoms with Crippen LogP contribution in [-0.4, -0.2) is 92.2 Å². The molecule has 0 radical (unpaired) electrons. The van der Waals surface area contributed by atoms with Gasteiger partial charge in [-0.2, -0.15) is 0 Å². The van der Waals surface area contributed by atoms with Gasteiger partial charge in [-0.3, -0.25) is 4.79 Å². The van der Waals surface area contributed by atoms with Crippen molar-refractivity contribution in [1.82, 2.24) is 10.6 Å². The Hall–Kier alpha value is -2.77. The summed E-state index contributed by atoms with van der Waals surface area (Å²) in [6.07, 6.45) is -8.57. The third-order valence-electron chi connectivity index (χ3n) is 4.30. The Labute approximate surface area is 178 Å². The Morgan fingerprint density at radius 1 is 0.968 bits per heavy atom. The van der Waals surface area contributed by atoms with Crippen molar-refractivity contribution in [2.45, 2.75) is 49.9 Å². The minimum Gasteiger partial charge on any atom is -0.480 e. The molecule has 1 aromatic carbocycles. The molecule has 2 amide bonds. The summed E-state index contributed by atoms with van der Waals surface area (Å²) in [7, 11) is 0. The molecule has 174 valence electrons. The van der Waals surface area contributed by atoms with Gasteiger partial charge in [0.05, 0.1) is 12.7 Å². The predicted molar refractivity (Wildman–Crippen MR) is 105 cm³/mol. The highest BCUT2D eigenvalue weighted by Gasteiger charge is 2.30. The number of hydrogen-bond donors (Lipinski definition) is 8.